The van der Waals surface area contributed by atoms with Crippen LogP contribution in [0.15, 0.2) is 18.2 Å². The van der Waals surface area contributed by atoms with Gasteiger partial charge in [-0.2, -0.15) is 5.26 Å². The molecular formula is C16H24N2. The van der Waals surface area contributed by atoms with E-state index in [9.17, 15) is 0 Å². The molecular weight excluding hydrogens is 220 g/mol. The van der Waals surface area contributed by atoms with Crippen LogP contribution in [0.4, 0.5) is 0 Å². The van der Waals surface area contributed by atoms with Gasteiger partial charge in [-0.1, -0.05) is 32.8 Å². The van der Waals surface area contributed by atoms with Gasteiger partial charge in [-0.15, -0.1) is 0 Å². The summed E-state index contributed by atoms with van der Waals surface area (Å²) in [5, 5.41) is 12.3. The molecule has 1 N–H and O–H groups in total. The van der Waals surface area contributed by atoms with Crippen molar-refractivity contribution >= 4 is 0 Å². The van der Waals surface area contributed by atoms with Crippen LogP contribution in [0.2, 0.25) is 0 Å². The lowest BCUT2D eigenvalue weighted by molar-refractivity contribution is 0.520. The summed E-state index contributed by atoms with van der Waals surface area (Å²) in [6, 6.07) is 8.07. The van der Waals surface area contributed by atoms with Gasteiger partial charge in [0.15, 0.2) is 0 Å². The minimum absolute atomic E-state index is 0.744. The molecule has 0 bridgehead atoms. The van der Waals surface area contributed by atoms with E-state index in [2.05, 4.69) is 38.2 Å². The third kappa shape index (κ3) is 5.33. The summed E-state index contributed by atoms with van der Waals surface area (Å²) in [6.45, 7) is 8.59. The summed E-state index contributed by atoms with van der Waals surface area (Å²) in [6.07, 6.45) is 3.86. The van der Waals surface area contributed by atoms with Crippen molar-refractivity contribution in [2.24, 2.45) is 5.92 Å². The number of rotatable bonds is 7. The highest BCUT2D eigenvalue weighted by Crippen LogP contribution is 2.10. The zero-order chi connectivity index (χ0) is 13.4. The standard InChI is InChI=1S/C16H24N2/c1-13(2)6-4-5-9-18-12-16-8-7-15(11-17)10-14(16)3/h7-8,10,13,18H,4-6,9,12H2,1-3H3. The van der Waals surface area contributed by atoms with E-state index in [0.29, 0.717) is 0 Å². The van der Waals surface area contributed by atoms with E-state index in [1.54, 1.807) is 0 Å². The Morgan fingerprint density at radius 1 is 1.28 bits per heavy atom. The average Bonchev–Trinajstić information content (AvgIpc) is 2.34. The van der Waals surface area contributed by atoms with E-state index in [1.165, 1.54) is 30.4 Å². The maximum Gasteiger partial charge on any atom is 0.0991 e. The number of unbranched alkanes of at least 4 members (excludes halogenated alkanes) is 1. The molecule has 0 atom stereocenters. The second-order valence-electron chi connectivity index (χ2n) is 5.32. The van der Waals surface area contributed by atoms with Crippen LogP contribution < -0.4 is 5.32 Å². The van der Waals surface area contributed by atoms with Crippen molar-refractivity contribution in [1.82, 2.24) is 5.32 Å². The summed E-state index contributed by atoms with van der Waals surface area (Å²) in [5.74, 6) is 0.811. The first kappa shape index (κ1) is 14.7. The molecule has 0 fully saturated rings. The molecule has 0 amide bonds. The number of aryl methyl sites for hydroxylation is 1. The molecule has 0 saturated carbocycles. The Balaban J connectivity index is 2.25. The molecule has 0 aliphatic heterocycles. The Morgan fingerprint density at radius 2 is 2.06 bits per heavy atom. The molecule has 0 heterocycles. The quantitative estimate of drug-likeness (QED) is 0.741. The lowest BCUT2D eigenvalue weighted by Crippen LogP contribution is -2.15. The van der Waals surface area contributed by atoms with E-state index >= 15 is 0 Å². The predicted molar refractivity (Wildman–Crippen MR) is 76.3 cm³/mol. The van der Waals surface area contributed by atoms with Crippen LogP contribution in [0.3, 0.4) is 0 Å². The molecule has 18 heavy (non-hydrogen) atoms. The van der Waals surface area contributed by atoms with Crippen molar-refractivity contribution in [3.63, 3.8) is 0 Å². The van der Waals surface area contributed by atoms with E-state index in [1.807, 2.05) is 12.1 Å². The van der Waals surface area contributed by atoms with E-state index in [0.717, 1.165) is 24.6 Å². The number of hydrogen-bond acceptors (Lipinski definition) is 2. The molecule has 0 aromatic heterocycles. The van der Waals surface area contributed by atoms with Crippen molar-refractivity contribution in [3.05, 3.63) is 34.9 Å². The topological polar surface area (TPSA) is 35.8 Å². The molecule has 2 heteroatoms. The first-order valence-corrected chi connectivity index (χ1v) is 6.84. The van der Waals surface area contributed by atoms with E-state index in [4.69, 9.17) is 5.26 Å². The molecule has 1 aromatic carbocycles. The first-order chi connectivity index (χ1) is 8.63. The normalized spacial score (nSPS) is 10.6. The Hall–Kier alpha value is -1.33. The zero-order valence-electron chi connectivity index (χ0n) is 11.8. The molecule has 2 nitrogen and oxygen atoms in total. The highest BCUT2D eigenvalue weighted by Gasteiger charge is 2.00. The van der Waals surface area contributed by atoms with Crippen molar-refractivity contribution in [1.29, 1.82) is 5.26 Å². The number of nitriles is 1. The monoisotopic (exact) mass is 244 g/mol. The highest BCUT2D eigenvalue weighted by atomic mass is 14.8. The molecule has 1 rings (SSSR count). The second kappa shape index (κ2) is 7.89. The maximum atomic E-state index is 8.81. The lowest BCUT2D eigenvalue weighted by Gasteiger charge is -2.08. The van der Waals surface area contributed by atoms with Gasteiger partial charge < -0.3 is 5.32 Å². The Morgan fingerprint density at radius 3 is 2.67 bits per heavy atom. The van der Waals surface area contributed by atoms with Crippen LogP contribution in [0.5, 0.6) is 0 Å². The summed E-state index contributed by atoms with van der Waals surface area (Å²) >= 11 is 0. The molecule has 0 unspecified atom stereocenters. The van der Waals surface area contributed by atoms with Crippen LogP contribution >= 0.6 is 0 Å². The summed E-state index contributed by atoms with van der Waals surface area (Å²) < 4.78 is 0. The van der Waals surface area contributed by atoms with Gasteiger partial charge in [-0.25, -0.2) is 0 Å². The molecule has 98 valence electrons. The van der Waals surface area contributed by atoms with Gasteiger partial charge >= 0.3 is 0 Å². The van der Waals surface area contributed by atoms with Crippen LogP contribution in [-0.4, -0.2) is 6.54 Å². The fourth-order valence-electron chi connectivity index (χ4n) is 1.99. The molecule has 0 saturated heterocycles. The van der Waals surface area contributed by atoms with Crippen molar-refractivity contribution in [2.45, 2.75) is 46.6 Å². The van der Waals surface area contributed by atoms with Gasteiger partial charge in [0, 0.05) is 6.54 Å². The SMILES string of the molecule is Cc1cc(C#N)ccc1CNCCCCC(C)C. The fraction of sp³-hybridized carbons (Fsp3) is 0.562. The van der Waals surface area contributed by atoms with Gasteiger partial charge in [0.1, 0.15) is 0 Å². The van der Waals surface area contributed by atoms with Gasteiger partial charge in [-0.3, -0.25) is 0 Å². The molecule has 1 aromatic rings. The number of nitrogens with zero attached hydrogens (tertiary/aromatic N) is 1. The largest absolute Gasteiger partial charge is 0.313 e. The van der Waals surface area contributed by atoms with Crippen LogP contribution in [0.1, 0.15) is 49.8 Å². The Labute approximate surface area is 111 Å². The first-order valence-electron chi connectivity index (χ1n) is 6.84. The predicted octanol–water partition coefficient (Wildman–Crippen LogP) is 3.78. The zero-order valence-corrected chi connectivity index (χ0v) is 11.8. The average molecular weight is 244 g/mol. The molecule has 0 radical (unpaired) electrons. The Bertz CT molecular complexity index is 402. The number of nitrogens with one attached hydrogen (secondary N) is 1. The van der Waals surface area contributed by atoms with Crippen molar-refractivity contribution in [2.75, 3.05) is 6.54 Å². The number of hydrogen-bond donors (Lipinski definition) is 1. The summed E-state index contributed by atoms with van der Waals surface area (Å²) in [5.41, 5.74) is 3.23. The van der Waals surface area contributed by atoms with Crippen LogP contribution in [-0.2, 0) is 6.54 Å². The van der Waals surface area contributed by atoms with Gasteiger partial charge in [-0.05, 0) is 49.1 Å². The smallest absolute Gasteiger partial charge is 0.0991 e. The van der Waals surface area contributed by atoms with Gasteiger partial charge in [0.25, 0.3) is 0 Å². The van der Waals surface area contributed by atoms with Gasteiger partial charge in [0.05, 0.1) is 11.6 Å². The summed E-state index contributed by atoms with van der Waals surface area (Å²) in [4.78, 5) is 0. The fourth-order valence-corrected chi connectivity index (χ4v) is 1.99. The summed E-state index contributed by atoms with van der Waals surface area (Å²) in [7, 11) is 0. The molecule has 0 aliphatic carbocycles. The van der Waals surface area contributed by atoms with Crippen molar-refractivity contribution < 1.29 is 0 Å². The highest BCUT2D eigenvalue weighted by molar-refractivity contribution is 5.37. The minimum Gasteiger partial charge on any atom is -0.313 e. The van der Waals surface area contributed by atoms with E-state index in [-0.39, 0.29) is 0 Å². The minimum atomic E-state index is 0.744. The van der Waals surface area contributed by atoms with Gasteiger partial charge in [0.2, 0.25) is 0 Å². The maximum absolute atomic E-state index is 8.81. The Kier molecular flexibility index (Phi) is 6.46. The third-order valence-corrected chi connectivity index (χ3v) is 3.17. The number of benzene rings is 1. The molecule has 0 aliphatic rings. The van der Waals surface area contributed by atoms with Crippen molar-refractivity contribution in [3.8, 4) is 6.07 Å². The lowest BCUT2D eigenvalue weighted by atomic mass is 10.1. The second-order valence-corrected chi connectivity index (χ2v) is 5.32. The van der Waals surface area contributed by atoms with Crippen LogP contribution in [0, 0.1) is 24.2 Å². The van der Waals surface area contributed by atoms with E-state index < -0.39 is 0 Å². The third-order valence-electron chi connectivity index (χ3n) is 3.17. The molecule has 0 spiro atoms. The van der Waals surface area contributed by atoms with Crippen LogP contribution in [0.25, 0.3) is 0 Å².